The molecule has 1 heterocycles. The molecule has 1 aliphatic carbocycles. The summed E-state index contributed by atoms with van der Waals surface area (Å²) in [5.41, 5.74) is 0.840. The fraction of sp³-hybridized carbons (Fsp3) is 0.640. The van der Waals surface area contributed by atoms with Crippen molar-refractivity contribution in [2.24, 2.45) is 11.8 Å². The third-order valence-corrected chi connectivity index (χ3v) is 8.85. The molecule has 33 heavy (non-hydrogen) atoms. The third-order valence-electron chi connectivity index (χ3n) is 6.83. The van der Waals surface area contributed by atoms with Gasteiger partial charge in [0.15, 0.2) is 0 Å². The molecule has 1 N–H and O–H groups in total. The van der Waals surface area contributed by atoms with Crippen molar-refractivity contribution < 1.29 is 23.1 Å². The van der Waals surface area contributed by atoms with Crippen molar-refractivity contribution in [3.8, 4) is 5.75 Å². The highest BCUT2D eigenvalue weighted by atomic mass is 32.2. The van der Waals surface area contributed by atoms with Gasteiger partial charge in [0.25, 0.3) is 0 Å². The monoisotopic (exact) mass is 478 g/mol. The highest BCUT2D eigenvalue weighted by Gasteiger charge is 2.38. The van der Waals surface area contributed by atoms with Gasteiger partial charge in [-0.05, 0) is 44.4 Å². The molecule has 1 aliphatic heterocycles. The molecule has 0 saturated heterocycles. The van der Waals surface area contributed by atoms with Crippen molar-refractivity contribution in [2.75, 3.05) is 26.7 Å². The van der Waals surface area contributed by atoms with Crippen LogP contribution >= 0.6 is 0 Å². The molecular formula is C25H38N2O5S. The van der Waals surface area contributed by atoms with Crippen LogP contribution in [0.5, 0.6) is 5.75 Å². The van der Waals surface area contributed by atoms with Crippen LogP contribution in [0.2, 0.25) is 0 Å². The number of allylic oxidation sites excluding steroid dienone is 1. The first-order chi connectivity index (χ1) is 15.7. The quantitative estimate of drug-likeness (QED) is 0.676. The van der Waals surface area contributed by atoms with Crippen LogP contribution in [0.15, 0.2) is 29.2 Å². The molecule has 1 saturated carbocycles. The van der Waals surface area contributed by atoms with E-state index in [0.717, 1.165) is 31.2 Å². The van der Waals surface area contributed by atoms with E-state index in [4.69, 9.17) is 4.74 Å². The number of nitrogens with zero attached hydrogens (tertiary/aromatic N) is 2. The molecule has 3 rings (SSSR count). The second kappa shape index (κ2) is 11.0. The molecule has 184 valence electrons. The molecule has 8 heteroatoms. The number of carbonyl (C=O) groups is 1. The van der Waals surface area contributed by atoms with Gasteiger partial charge in [-0.3, -0.25) is 4.79 Å². The maximum Gasteiger partial charge on any atom is 0.247 e. The van der Waals surface area contributed by atoms with Crippen LogP contribution in [0.3, 0.4) is 0 Å². The Balaban J connectivity index is 1.95. The molecule has 0 spiro atoms. The predicted molar refractivity (Wildman–Crippen MR) is 129 cm³/mol. The zero-order valence-corrected chi connectivity index (χ0v) is 21.1. The maximum atomic E-state index is 13.5. The number of hydrogen-bond donors (Lipinski definition) is 1. The van der Waals surface area contributed by atoms with Crippen LogP contribution < -0.4 is 4.74 Å². The van der Waals surface area contributed by atoms with Gasteiger partial charge in [0, 0.05) is 31.5 Å². The van der Waals surface area contributed by atoms with E-state index >= 15 is 0 Å². The molecule has 1 aromatic rings. The summed E-state index contributed by atoms with van der Waals surface area (Å²) >= 11 is 0. The molecule has 7 nitrogen and oxygen atoms in total. The van der Waals surface area contributed by atoms with Gasteiger partial charge in [0.05, 0.1) is 13.2 Å². The van der Waals surface area contributed by atoms with Gasteiger partial charge in [-0.15, -0.1) is 0 Å². The average Bonchev–Trinajstić information content (AvgIpc) is 2.81. The van der Waals surface area contributed by atoms with Crippen LogP contribution in [0.1, 0.15) is 58.4 Å². The minimum Gasteiger partial charge on any atom is -0.487 e. The van der Waals surface area contributed by atoms with Crippen LogP contribution in [0, 0.1) is 11.8 Å². The van der Waals surface area contributed by atoms with E-state index in [0.29, 0.717) is 6.54 Å². The second-order valence-electron chi connectivity index (χ2n) is 9.50. The average molecular weight is 479 g/mol. The van der Waals surface area contributed by atoms with Crippen molar-refractivity contribution in [1.82, 2.24) is 9.21 Å². The zero-order chi connectivity index (χ0) is 24.2. The van der Waals surface area contributed by atoms with Gasteiger partial charge in [0.1, 0.15) is 16.7 Å². The Kier molecular flexibility index (Phi) is 8.59. The number of ether oxygens (including phenoxy) is 1. The Morgan fingerprint density at radius 3 is 2.64 bits per heavy atom. The lowest BCUT2D eigenvalue weighted by atomic mass is 9.88. The van der Waals surface area contributed by atoms with Gasteiger partial charge in [0.2, 0.25) is 15.9 Å². The SMILES string of the molecule is C/C=C/c1ccc2c(c1)O[C@@H](CN(C)C(=O)C1CCCCC1)[C@@H](C)CN([C@@H](C)CO)S2(=O)=O. The fourth-order valence-corrected chi connectivity index (χ4v) is 6.60. The smallest absolute Gasteiger partial charge is 0.247 e. The molecule has 1 fully saturated rings. The summed E-state index contributed by atoms with van der Waals surface area (Å²) in [4.78, 5) is 14.9. The van der Waals surface area contributed by atoms with E-state index in [1.54, 1.807) is 30.0 Å². The summed E-state index contributed by atoms with van der Waals surface area (Å²) in [6.45, 7) is 5.85. The molecule has 1 aromatic carbocycles. The van der Waals surface area contributed by atoms with E-state index in [1.165, 1.54) is 10.7 Å². The Morgan fingerprint density at radius 2 is 2.00 bits per heavy atom. The van der Waals surface area contributed by atoms with Gasteiger partial charge >= 0.3 is 0 Å². The number of likely N-dealkylation sites (N-methyl/N-ethyl adjacent to an activating group) is 1. The molecule has 0 aromatic heterocycles. The number of fused-ring (bicyclic) bond motifs is 1. The summed E-state index contributed by atoms with van der Waals surface area (Å²) in [5, 5.41) is 9.76. The summed E-state index contributed by atoms with van der Waals surface area (Å²) in [5.74, 6) is 0.306. The standard InChI is InChI=1S/C25H38N2O5S/c1-5-9-20-12-13-24-22(14-20)32-23(16-26(4)25(29)21-10-7-6-8-11-21)18(2)15-27(19(3)17-28)33(24,30)31/h5,9,12-14,18-19,21,23,28H,6-8,10-11,15-17H2,1-4H3/b9-5+/t18-,19-,23-/m0/s1. The number of sulfonamides is 1. The first-order valence-corrected chi connectivity index (χ1v) is 13.4. The van der Waals surface area contributed by atoms with Gasteiger partial charge < -0.3 is 14.7 Å². The van der Waals surface area contributed by atoms with Gasteiger partial charge in [-0.1, -0.05) is 44.4 Å². The number of aliphatic hydroxyl groups excluding tert-OH is 1. The minimum absolute atomic E-state index is 0.0625. The number of hydrogen-bond acceptors (Lipinski definition) is 5. The molecule has 0 bridgehead atoms. The lowest BCUT2D eigenvalue weighted by Gasteiger charge is -2.38. The van der Waals surface area contributed by atoms with Crippen LogP contribution in [0.4, 0.5) is 0 Å². The van der Waals surface area contributed by atoms with Crippen LogP contribution in [-0.2, 0) is 14.8 Å². The maximum absolute atomic E-state index is 13.5. The van der Waals surface area contributed by atoms with E-state index in [1.807, 2.05) is 33.0 Å². The normalized spacial score (nSPS) is 25.0. The van der Waals surface area contributed by atoms with E-state index < -0.39 is 16.1 Å². The third kappa shape index (κ3) is 5.78. The summed E-state index contributed by atoms with van der Waals surface area (Å²) in [6.07, 6.45) is 8.62. The van der Waals surface area contributed by atoms with Crippen LogP contribution in [0.25, 0.3) is 6.08 Å². The molecule has 2 aliphatic rings. The zero-order valence-electron chi connectivity index (χ0n) is 20.2. The topological polar surface area (TPSA) is 87.2 Å². The molecule has 0 unspecified atom stereocenters. The molecule has 3 atom stereocenters. The fourth-order valence-electron chi connectivity index (χ4n) is 4.78. The highest BCUT2D eigenvalue weighted by molar-refractivity contribution is 7.89. The van der Waals surface area contributed by atoms with Crippen molar-refractivity contribution >= 4 is 22.0 Å². The van der Waals surface area contributed by atoms with E-state index in [2.05, 4.69) is 0 Å². The van der Waals surface area contributed by atoms with Crippen LogP contribution in [-0.4, -0.2) is 67.5 Å². The summed E-state index contributed by atoms with van der Waals surface area (Å²) < 4.78 is 34.7. The Bertz CT molecular complexity index is 956. The van der Waals surface area contributed by atoms with E-state index in [-0.39, 0.29) is 47.6 Å². The summed E-state index contributed by atoms with van der Waals surface area (Å²) in [6, 6.07) is 4.49. The number of aliphatic hydroxyl groups is 1. The number of amides is 1. The van der Waals surface area contributed by atoms with Crippen molar-refractivity contribution in [3.63, 3.8) is 0 Å². The van der Waals surface area contributed by atoms with Crippen molar-refractivity contribution in [3.05, 3.63) is 29.8 Å². The number of benzene rings is 1. The van der Waals surface area contributed by atoms with Gasteiger partial charge in [-0.25, -0.2) is 8.42 Å². The minimum atomic E-state index is -3.86. The van der Waals surface area contributed by atoms with E-state index in [9.17, 15) is 18.3 Å². The predicted octanol–water partition coefficient (Wildman–Crippen LogP) is 3.53. The lowest BCUT2D eigenvalue weighted by Crippen LogP contribution is -2.50. The largest absolute Gasteiger partial charge is 0.487 e. The molecule has 1 amide bonds. The second-order valence-corrected chi connectivity index (χ2v) is 11.4. The number of rotatable bonds is 6. The summed E-state index contributed by atoms with van der Waals surface area (Å²) in [7, 11) is -2.05. The highest BCUT2D eigenvalue weighted by Crippen LogP contribution is 2.35. The Labute approximate surface area is 198 Å². The first-order valence-electron chi connectivity index (χ1n) is 12.0. The van der Waals surface area contributed by atoms with Crippen molar-refractivity contribution in [2.45, 2.75) is 69.9 Å². The molecule has 0 radical (unpaired) electrons. The molecular weight excluding hydrogens is 440 g/mol. The van der Waals surface area contributed by atoms with Gasteiger partial charge in [-0.2, -0.15) is 4.31 Å². The van der Waals surface area contributed by atoms with Crippen molar-refractivity contribution in [1.29, 1.82) is 0 Å². The Morgan fingerprint density at radius 1 is 1.30 bits per heavy atom. The first kappa shape index (κ1) is 25.7. The Hall–Kier alpha value is -1.90. The lowest BCUT2D eigenvalue weighted by molar-refractivity contribution is -0.136. The number of carbonyl (C=O) groups excluding carboxylic acids is 1.